The first-order valence-corrected chi connectivity index (χ1v) is 8.18. The number of ether oxygens (including phenoxy) is 2. The highest BCUT2D eigenvalue weighted by molar-refractivity contribution is 6.31. The van der Waals surface area contributed by atoms with Gasteiger partial charge in [0.15, 0.2) is 11.5 Å². The SMILES string of the molecule is O=C(CCCc1cc2c(cc1Cl)OCCO2)N1CCNCC1. The standard InChI is InChI=1S/C16H21ClN2O3/c17-13-11-15-14(21-8-9-22-15)10-12(13)2-1-3-16(20)19-6-4-18-5-7-19/h10-11,18H,1-9H2. The van der Waals surface area contributed by atoms with Crippen molar-refractivity contribution < 1.29 is 14.3 Å². The predicted molar refractivity (Wildman–Crippen MR) is 84.8 cm³/mol. The largest absolute Gasteiger partial charge is 0.486 e. The molecule has 1 aromatic carbocycles. The van der Waals surface area contributed by atoms with E-state index in [1.165, 1.54) is 0 Å². The lowest BCUT2D eigenvalue weighted by Crippen LogP contribution is -2.46. The number of hydrogen-bond acceptors (Lipinski definition) is 4. The van der Waals surface area contributed by atoms with Crippen LogP contribution in [0.3, 0.4) is 0 Å². The van der Waals surface area contributed by atoms with Gasteiger partial charge >= 0.3 is 0 Å². The Labute approximate surface area is 135 Å². The fraction of sp³-hybridized carbons (Fsp3) is 0.562. The van der Waals surface area contributed by atoms with Crippen LogP contribution in [0.4, 0.5) is 0 Å². The van der Waals surface area contributed by atoms with E-state index >= 15 is 0 Å². The predicted octanol–water partition coefficient (Wildman–Crippen LogP) is 1.87. The minimum absolute atomic E-state index is 0.232. The second kappa shape index (κ2) is 7.20. The Morgan fingerprint density at radius 2 is 1.86 bits per heavy atom. The zero-order valence-corrected chi connectivity index (χ0v) is 13.3. The Kier molecular flexibility index (Phi) is 5.05. The van der Waals surface area contributed by atoms with Gasteiger partial charge in [-0.3, -0.25) is 4.79 Å². The smallest absolute Gasteiger partial charge is 0.222 e. The molecular formula is C16H21ClN2O3. The van der Waals surface area contributed by atoms with Gasteiger partial charge in [0.1, 0.15) is 13.2 Å². The summed E-state index contributed by atoms with van der Waals surface area (Å²) in [4.78, 5) is 14.1. The Hall–Kier alpha value is -1.46. The molecule has 0 spiro atoms. The third-order valence-corrected chi connectivity index (χ3v) is 4.37. The molecule has 0 saturated carbocycles. The maximum Gasteiger partial charge on any atom is 0.222 e. The molecule has 0 atom stereocenters. The topological polar surface area (TPSA) is 50.8 Å². The number of aryl methyl sites for hydroxylation is 1. The van der Waals surface area contributed by atoms with Crippen LogP contribution in [0.15, 0.2) is 12.1 Å². The third-order valence-electron chi connectivity index (χ3n) is 4.02. The molecule has 2 aliphatic heterocycles. The molecule has 120 valence electrons. The van der Waals surface area contributed by atoms with Gasteiger partial charge in [-0.2, -0.15) is 0 Å². The van der Waals surface area contributed by atoms with Crippen LogP contribution < -0.4 is 14.8 Å². The van der Waals surface area contributed by atoms with Crippen molar-refractivity contribution >= 4 is 17.5 Å². The van der Waals surface area contributed by atoms with Crippen LogP contribution in [0, 0.1) is 0 Å². The molecule has 6 heteroatoms. The van der Waals surface area contributed by atoms with E-state index < -0.39 is 0 Å². The van der Waals surface area contributed by atoms with Crippen molar-refractivity contribution in [3.63, 3.8) is 0 Å². The van der Waals surface area contributed by atoms with Crippen molar-refractivity contribution in [2.75, 3.05) is 39.4 Å². The molecule has 2 heterocycles. The molecule has 1 N–H and O–H groups in total. The van der Waals surface area contributed by atoms with Crippen LogP contribution in [0.25, 0.3) is 0 Å². The van der Waals surface area contributed by atoms with E-state index in [0.717, 1.165) is 50.3 Å². The van der Waals surface area contributed by atoms with Crippen LogP contribution in [-0.4, -0.2) is 50.2 Å². The molecule has 2 aliphatic rings. The van der Waals surface area contributed by atoms with Gasteiger partial charge in [0.05, 0.1) is 0 Å². The van der Waals surface area contributed by atoms with Crippen molar-refractivity contribution in [1.82, 2.24) is 10.2 Å². The second-order valence-electron chi connectivity index (χ2n) is 5.57. The van der Waals surface area contributed by atoms with Crippen molar-refractivity contribution in [2.45, 2.75) is 19.3 Å². The molecule has 0 radical (unpaired) electrons. The summed E-state index contributed by atoms with van der Waals surface area (Å²) in [5.74, 6) is 1.69. The van der Waals surface area contributed by atoms with Gasteiger partial charge in [0.2, 0.25) is 5.91 Å². The van der Waals surface area contributed by atoms with Crippen molar-refractivity contribution in [2.24, 2.45) is 0 Å². The number of halogens is 1. The fourth-order valence-electron chi connectivity index (χ4n) is 2.80. The molecular weight excluding hydrogens is 304 g/mol. The Bertz CT molecular complexity index is 544. The Morgan fingerprint density at radius 3 is 2.59 bits per heavy atom. The summed E-state index contributed by atoms with van der Waals surface area (Å²) in [6.45, 7) is 4.52. The molecule has 5 nitrogen and oxygen atoms in total. The van der Waals surface area contributed by atoms with E-state index in [0.29, 0.717) is 30.4 Å². The van der Waals surface area contributed by atoms with Gasteiger partial charge in [-0.05, 0) is 24.5 Å². The van der Waals surface area contributed by atoms with Crippen molar-refractivity contribution in [1.29, 1.82) is 0 Å². The first-order valence-electron chi connectivity index (χ1n) is 7.80. The van der Waals surface area contributed by atoms with Gasteiger partial charge in [-0.25, -0.2) is 0 Å². The second-order valence-corrected chi connectivity index (χ2v) is 5.98. The molecule has 1 amide bonds. The number of piperazine rings is 1. The molecule has 1 aromatic rings. The maximum absolute atomic E-state index is 12.1. The number of hydrogen-bond donors (Lipinski definition) is 1. The first-order chi connectivity index (χ1) is 10.7. The summed E-state index contributed by atoms with van der Waals surface area (Å²) < 4.78 is 11.1. The minimum atomic E-state index is 0.232. The molecule has 0 aromatic heterocycles. The van der Waals surface area contributed by atoms with Crippen LogP contribution in [0.1, 0.15) is 18.4 Å². The number of rotatable bonds is 4. The summed E-state index contributed by atoms with van der Waals surface area (Å²) in [6, 6.07) is 3.75. The molecule has 1 fully saturated rings. The highest BCUT2D eigenvalue weighted by Crippen LogP contribution is 2.35. The lowest BCUT2D eigenvalue weighted by atomic mass is 10.1. The average Bonchev–Trinajstić information content (AvgIpc) is 2.56. The molecule has 0 bridgehead atoms. The normalized spacial score (nSPS) is 17.4. The fourth-order valence-corrected chi connectivity index (χ4v) is 3.05. The molecule has 1 saturated heterocycles. The highest BCUT2D eigenvalue weighted by Gasteiger charge is 2.17. The third kappa shape index (κ3) is 3.65. The van der Waals surface area contributed by atoms with Gasteiger partial charge in [-0.15, -0.1) is 0 Å². The number of benzene rings is 1. The number of carbonyl (C=O) groups is 1. The summed E-state index contributed by atoms with van der Waals surface area (Å²) >= 11 is 6.29. The minimum Gasteiger partial charge on any atom is -0.486 e. The van der Waals surface area contributed by atoms with Gasteiger partial charge in [-0.1, -0.05) is 11.6 Å². The zero-order chi connectivity index (χ0) is 15.4. The summed E-state index contributed by atoms with van der Waals surface area (Å²) in [6.07, 6.45) is 2.13. The Morgan fingerprint density at radius 1 is 1.18 bits per heavy atom. The first kappa shape index (κ1) is 15.4. The number of fused-ring (bicyclic) bond motifs is 1. The average molecular weight is 325 g/mol. The number of carbonyl (C=O) groups excluding carboxylic acids is 1. The van der Waals surface area contributed by atoms with E-state index in [1.807, 2.05) is 17.0 Å². The van der Waals surface area contributed by atoms with Crippen LogP contribution in [-0.2, 0) is 11.2 Å². The molecule has 0 aliphatic carbocycles. The van der Waals surface area contributed by atoms with E-state index in [4.69, 9.17) is 21.1 Å². The monoisotopic (exact) mass is 324 g/mol. The quantitative estimate of drug-likeness (QED) is 0.918. The maximum atomic E-state index is 12.1. The van der Waals surface area contributed by atoms with Gasteiger partial charge in [0, 0.05) is 43.7 Å². The van der Waals surface area contributed by atoms with Crippen molar-refractivity contribution in [3.8, 4) is 11.5 Å². The number of amides is 1. The number of nitrogens with zero attached hydrogens (tertiary/aromatic N) is 1. The van der Waals surface area contributed by atoms with E-state index in [9.17, 15) is 4.79 Å². The lowest BCUT2D eigenvalue weighted by molar-refractivity contribution is -0.131. The molecule has 3 rings (SSSR count). The van der Waals surface area contributed by atoms with Crippen molar-refractivity contribution in [3.05, 3.63) is 22.7 Å². The number of nitrogens with one attached hydrogen (secondary N) is 1. The van der Waals surface area contributed by atoms with Gasteiger partial charge in [0.25, 0.3) is 0 Å². The van der Waals surface area contributed by atoms with Gasteiger partial charge < -0.3 is 19.7 Å². The van der Waals surface area contributed by atoms with E-state index in [2.05, 4.69) is 5.32 Å². The van der Waals surface area contributed by atoms with Crippen LogP contribution in [0.2, 0.25) is 5.02 Å². The lowest BCUT2D eigenvalue weighted by Gasteiger charge is -2.27. The highest BCUT2D eigenvalue weighted by atomic mass is 35.5. The molecule has 0 unspecified atom stereocenters. The van der Waals surface area contributed by atoms with Crippen LogP contribution in [0.5, 0.6) is 11.5 Å². The van der Waals surface area contributed by atoms with E-state index in [-0.39, 0.29) is 5.91 Å². The van der Waals surface area contributed by atoms with E-state index in [1.54, 1.807) is 0 Å². The van der Waals surface area contributed by atoms with Crippen LogP contribution >= 0.6 is 11.6 Å². The molecule has 22 heavy (non-hydrogen) atoms. The summed E-state index contributed by atoms with van der Waals surface area (Å²) in [5.41, 5.74) is 1.01. The summed E-state index contributed by atoms with van der Waals surface area (Å²) in [7, 11) is 0. The zero-order valence-electron chi connectivity index (χ0n) is 12.6. The summed E-state index contributed by atoms with van der Waals surface area (Å²) in [5, 5.41) is 3.93. The Balaban J connectivity index is 1.54.